The second-order valence-corrected chi connectivity index (χ2v) is 8.06. The number of esters is 1. The van der Waals surface area contributed by atoms with Crippen LogP contribution in [-0.2, 0) is 23.7 Å². The molecule has 5 nitrogen and oxygen atoms in total. The van der Waals surface area contributed by atoms with E-state index in [0.717, 1.165) is 25.7 Å². The van der Waals surface area contributed by atoms with Crippen LogP contribution < -0.4 is 0 Å². The second-order valence-electron chi connectivity index (χ2n) is 8.06. The summed E-state index contributed by atoms with van der Waals surface area (Å²) in [7, 11) is 1.56. The molecule has 0 N–H and O–H groups in total. The Bertz CT molecular complexity index is 627. The number of epoxide rings is 1. The molecule has 152 valence electrons. The first-order valence-electron chi connectivity index (χ1n) is 9.77. The smallest absolute Gasteiger partial charge is 0.338 e. The Morgan fingerprint density at radius 2 is 1.85 bits per heavy atom. The van der Waals surface area contributed by atoms with Crippen LogP contribution in [0, 0.1) is 0 Å². The van der Waals surface area contributed by atoms with Gasteiger partial charge in [0, 0.05) is 13.5 Å². The highest BCUT2D eigenvalue weighted by Crippen LogP contribution is 2.39. The van der Waals surface area contributed by atoms with Crippen LogP contribution in [0.4, 0.5) is 0 Å². The third-order valence-corrected chi connectivity index (χ3v) is 5.23. The molecule has 5 heteroatoms. The van der Waals surface area contributed by atoms with E-state index in [1.54, 1.807) is 14.0 Å². The van der Waals surface area contributed by atoms with E-state index in [1.165, 1.54) is 11.1 Å². The highest BCUT2D eigenvalue weighted by molar-refractivity contribution is 5.91. The number of ether oxygens (including phenoxy) is 4. The lowest BCUT2D eigenvalue weighted by Crippen LogP contribution is -2.13. The number of methoxy groups -OCH3 is 1. The molecule has 0 aromatic heterocycles. The van der Waals surface area contributed by atoms with Crippen molar-refractivity contribution >= 4 is 5.97 Å². The summed E-state index contributed by atoms with van der Waals surface area (Å²) in [5.41, 5.74) is 3.33. The van der Waals surface area contributed by atoms with Crippen molar-refractivity contribution in [3.8, 4) is 0 Å². The molecule has 2 unspecified atom stereocenters. The van der Waals surface area contributed by atoms with E-state index >= 15 is 0 Å². The topological polar surface area (TPSA) is 57.3 Å². The van der Waals surface area contributed by atoms with E-state index in [0.29, 0.717) is 23.9 Å². The molecule has 2 rings (SSSR count). The number of cyclic esters (lactones) is 1. The molecule has 0 aromatic carbocycles. The zero-order chi connectivity index (χ0) is 20.0. The minimum atomic E-state index is -0.346. The van der Waals surface area contributed by atoms with Gasteiger partial charge in [-0.15, -0.1) is 0 Å². The second kappa shape index (κ2) is 9.56. The average Bonchev–Trinajstić information content (AvgIpc) is 3.14. The number of carbonyl (C=O) groups excluding carboxylic acids is 1. The maximum atomic E-state index is 11.8. The minimum absolute atomic E-state index is 0.0852. The van der Waals surface area contributed by atoms with Gasteiger partial charge in [-0.05, 0) is 60.3 Å². The summed E-state index contributed by atoms with van der Waals surface area (Å²) < 4.78 is 21.5. The molecule has 0 saturated carbocycles. The molecule has 1 saturated heterocycles. The first-order valence-corrected chi connectivity index (χ1v) is 9.77. The van der Waals surface area contributed by atoms with Crippen molar-refractivity contribution in [3.63, 3.8) is 0 Å². The highest BCUT2D eigenvalue weighted by atomic mass is 16.7. The van der Waals surface area contributed by atoms with E-state index in [2.05, 4.69) is 39.8 Å². The predicted octanol–water partition coefficient (Wildman–Crippen LogP) is 4.83. The number of allylic oxidation sites excluding steroid dienone is 3. The van der Waals surface area contributed by atoms with Crippen molar-refractivity contribution in [2.24, 2.45) is 0 Å². The summed E-state index contributed by atoms with van der Waals surface area (Å²) in [6, 6.07) is 0. The van der Waals surface area contributed by atoms with Crippen LogP contribution in [-0.4, -0.2) is 37.7 Å². The van der Waals surface area contributed by atoms with E-state index in [9.17, 15) is 4.79 Å². The zero-order valence-electron chi connectivity index (χ0n) is 17.6. The molecule has 0 radical (unpaired) electrons. The van der Waals surface area contributed by atoms with Crippen LogP contribution in [0.15, 0.2) is 34.6 Å². The first-order chi connectivity index (χ1) is 12.7. The van der Waals surface area contributed by atoms with Crippen LogP contribution in [0.25, 0.3) is 0 Å². The van der Waals surface area contributed by atoms with Crippen molar-refractivity contribution in [2.75, 3.05) is 13.9 Å². The lowest BCUT2D eigenvalue weighted by atomic mass is 10.0. The fourth-order valence-electron chi connectivity index (χ4n) is 3.25. The molecule has 0 bridgehead atoms. The molecular weight excluding hydrogens is 344 g/mol. The van der Waals surface area contributed by atoms with Gasteiger partial charge in [0.1, 0.15) is 0 Å². The molecular formula is C22H34O5. The number of hydrogen-bond donors (Lipinski definition) is 0. The van der Waals surface area contributed by atoms with Crippen molar-refractivity contribution < 1.29 is 23.7 Å². The molecule has 0 spiro atoms. The largest absolute Gasteiger partial charge is 0.467 e. The van der Waals surface area contributed by atoms with E-state index < -0.39 is 0 Å². The monoisotopic (exact) mass is 378 g/mol. The highest BCUT2D eigenvalue weighted by Gasteiger charge is 2.46. The van der Waals surface area contributed by atoms with Crippen LogP contribution in [0.2, 0.25) is 0 Å². The predicted molar refractivity (Wildman–Crippen MR) is 105 cm³/mol. The Morgan fingerprint density at radius 3 is 2.48 bits per heavy atom. The van der Waals surface area contributed by atoms with Crippen molar-refractivity contribution in [2.45, 2.75) is 84.5 Å². The summed E-state index contributed by atoms with van der Waals surface area (Å²) in [5, 5.41) is 0. The van der Waals surface area contributed by atoms with Gasteiger partial charge in [-0.3, -0.25) is 0 Å². The molecule has 0 amide bonds. The standard InChI is InChI=1S/C22H34O5/c1-15(8-7-9-16(2)11-13-19-22(4,5)27-19)10-12-18-20(25-14-24-6)17(3)21(23)26-18/h9-10,18-19H,7-8,11-14H2,1-6H3. The number of hydrogen-bond acceptors (Lipinski definition) is 5. The van der Waals surface area contributed by atoms with Gasteiger partial charge < -0.3 is 18.9 Å². The van der Waals surface area contributed by atoms with E-state index in [-0.39, 0.29) is 24.5 Å². The van der Waals surface area contributed by atoms with Crippen molar-refractivity contribution in [1.82, 2.24) is 0 Å². The maximum Gasteiger partial charge on any atom is 0.338 e. The Kier molecular flexibility index (Phi) is 7.68. The lowest BCUT2D eigenvalue weighted by molar-refractivity contribution is -0.140. The Labute approximate surface area is 163 Å². The Balaban J connectivity index is 1.73. The van der Waals surface area contributed by atoms with E-state index in [1.807, 2.05) is 0 Å². The lowest BCUT2D eigenvalue weighted by Gasteiger charge is -2.13. The molecule has 0 aliphatic carbocycles. The molecule has 27 heavy (non-hydrogen) atoms. The molecule has 0 aromatic rings. The molecule has 2 atom stereocenters. The Hall–Kier alpha value is -1.59. The molecule has 2 heterocycles. The minimum Gasteiger partial charge on any atom is -0.467 e. The maximum absolute atomic E-state index is 11.8. The van der Waals surface area contributed by atoms with Crippen LogP contribution in [0.1, 0.15) is 66.7 Å². The third-order valence-electron chi connectivity index (χ3n) is 5.23. The van der Waals surface area contributed by atoms with Gasteiger partial charge in [0.25, 0.3) is 0 Å². The van der Waals surface area contributed by atoms with Gasteiger partial charge in [-0.1, -0.05) is 23.3 Å². The SMILES string of the molecule is COCOC1=C(C)C(=O)OC1CC=C(C)CCC=C(C)CCC1OC1(C)C. The number of rotatable bonds is 11. The fourth-order valence-corrected chi connectivity index (χ4v) is 3.25. The zero-order valence-corrected chi connectivity index (χ0v) is 17.6. The van der Waals surface area contributed by atoms with Crippen LogP contribution in [0.5, 0.6) is 0 Å². The summed E-state index contributed by atoms with van der Waals surface area (Å²) >= 11 is 0. The summed E-state index contributed by atoms with van der Waals surface area (Å²) in [5.74, 6) is 0.283. The van der Waals surface area contributed by atoms with Gasteiger partial charge >= 0.3 is 5.97 Å². The van der Waals surface area contributed by atoms with Crippen molar-refractivity contribution in [1.29, 1.82) is 0 Å². The quantitative estimate of drug-likeness (QED) is 0.223. The van der Waals surface area contributed by atoms with Gasteiger partial charge in [-0.2, -0.15) is 0 Å². The van der Waals surface area contributed by atoms with Crippen LogP contribution >= 0.6 is 0 Å². The van der Waals surface area contributed by atoms with Gasteiger partial charge in [0.2, 0.25) is 0 Å². The normalized spacial score (nSPS) is 25.0. The number of carbonyl (C=O) groups is 1. The van der Waals surface area contributed by atoms with Gasteiger partial charge in [0.05, 0.1) is 17.3 Å². The molecule has 2 aliphatic heterocycles. The van der Waals surface area contributed by atoms with Crippen LogP contribution in [0.3, 0.4) is 0 Å². The molecule has 2 aliphatic rings. The summed E-state index contributed by atoms with van der Waals surface area (Å²) in [6.07, 6.45) is 9.38. The molecule has 1 fully saturated rings. The van der Waals surface area contributed by atoms with Gasteiger partial charge in [0.15, 0.2) is 18.7 Å². The first kappa shape index (κ1) is 21.7. The third kappa shape index (κ3) is 6.51. The Morgan fingerprint density at radius 1 is 1.19 bits per heavy atom. The average molecular weight is 379 g/mol. The summed E-state index contributed by atoms with van der Waals surface area (Å²) in [4.78, 5) is 11.8. The van der Waals surface area contributed by atoms with Crippen molar-refractivity contribution in [3.05, 3.63) is 34.6 Å². The fraction of sp³-hybridized carbons (Fsp3) is 0.682. The van der Waals surface area contributed by atoms with Gasteiger partial charge in [-0.25, -0.2) is 4.79 Å². The summed E-state index contributed by atoms with van der Waals surface area (Å²) in [6.45, 7) is 10.5. The van der Waals surface area contributed by atoms with E-state index in [4.69, 9.17) is 18.9 Å².